The van der Waals surface area contributed by atoms with Gasteiger partial charge in [0.2, 0.25) is 0 Å². The maximum Gasteiger partial charge on any atom is 0.328 e. The van der Waals surface area contributed by atoms with Gasteiger partial charge in [0.25, 0.3) is 0 Å². The molecule has 18 heavy (non-hydrogen) atoms. The molecule has 0 heterocycles. The second-order valence-corrected chi connectivity index (χ2v) is 4.91. The number of benzene rings is 1. The topological polar surface area (TPSA) is 40.5 Å². The van der Waals surface area contributed by atoms with Crippen LogP contribution in [0.25, 0.3) is 0 Å². The summed E-state index contributed by atoms with van der Waals surface area (Å²) in [5.74, 6) is -0.903. The quantitative estimate of drug-likeness (QED) is 0.832. The molecule has 1 N–H and O–H groups in total. The Balaban J connectivity index is 2.69. The van der Waals surface area contributed by atoms with E-state index in [1.165, 1.54) is 6.08 Å². The van der Waals surface area contributed by atoms with Gasteiger partial charge < -0.3 is 5.11 Å². The summed E-state index contributed by atoms with van der Waals surface area (Å²) in [5.41, 5.74) is 1.98. The zero-order valence-corrected chi connectivity index (χ0v) is 11.6. The standard InChI is InChI=1S/C14H18ClNO2/c1-10(8-14(17)18)9-16(3)11(2)12-4-6-13(15)7-5-12/h4-8,11H,9H2,1-3H3,(H,17,18). The van der Waals surface area contributed by atoms with E-state index in [2.05, 4.69) is 11.8 Å². The molecule has 1 aromatic carbocycles. The number of carboxylic acids is 1. The molecule has 1 rings (SSSR count). The van der Waals surface area contributed by atoms with E-state index < -0.39 is 5.97 Å². The summed E-state index contributed by atoms with van der Waals surface area (Å²) in [7, 11) is 1.97. The molecule has 3 nitrogen and oxygen atoms in total. The minimum atomic E-state index is -0.903. The van der Waals surface area contributed by atoms with Crippen LogP contribution in [0.5, 0.6) is 0 Å². The zero-order chi connectivity index (χ0) is 13.7. The van der Waals surface area contributed by atoms with Gasteiger partial charge in [-0.15, -0.1) is 0 Å². The average Bonchev–Trinajstić information content (AvgIpc) is 2.27. The van der Waals surface area contributed by atoms with Crippen molar-refractivity contribution in [3.05, 3.63) is 46.5 Å². The lowest BCUT2D eigenvalue weighted by atomic mass is 10.1. The zero-order valence-electron chi connectivity index (χ0n) is 10.9. The first-order valence-corrected chi connectivity index (χ1v) is 6.13. The van der Waals surface area contributed by atoms with Crippen LogP contribution in [0.3, 0.4) is 0 Å². The van der Waals surface area contributed by atoms with E-state index >= 15 is 0 Å². The second kappa shape index (κ2) is 6.57. The molecule has 98 valence electrons. The fourth-order valence-corrected chi connectivity index (χ4v) is 1.91. The van der Waals surface area contributed by atoms with E-state index in [9.17, 15) is 4.79 Å². The van der Waals surface area contributed by atoms with Gasteiger partial charge in [0.15, 0.2) is 0 Å². The third-order valence-corrected chi connectivity index (χ3v) is 3.13. The molecular formula is C14H18ClNO2. The van der Waals surface area contributed by atoms with Crippen molar-refractivity contribution in [2.75, 3.05) is 13.6 Å². The summed E-state index contributed by atoms with van der Waals surface area (Å²) in [6.45, 7) is 4.52. The normalized spacial score (nSPS) is 13.7. The number of carboxylic acid groups (broad SMARTS) is 1. The van der Waals surface area contributed by atoms with Crippen LogP contribution in [0, 0.1) is 0 Å². The Morgan fingerprint density at radius 2 is 2.00 bits per heavy atom. The van der Waals surface area contributed by atoms with Crippen molar-refractivity contribution in [2.24, 2.45) is 0 Å². The molecule has 0 aliphatic heterocycles. The highest BCUT2D eigenvalue weighted by atomic mass is 35.5. The molecule has 0 radical (unpaired) electrons. The summed E-state index contributed by atoms with van der Waals surface area (Å²) in [6.07, 6.45) is 1.24. The van der Waals surface area contributed by atoms with Crippen LogP contribution in [0.1, 0.15) is 25.5 Å². The van der Waals surface area contributed by atoms with Crippen molar-refractivity contribution in [1.29, 1.82) is 0 Å². The fraction of sp³-hybridized carbons (Fsp3) is 0.357. The molecule has 4 heteroatoms. The third-order valence-electron chi connectivity index (χ3n) is 2.88. The SMILES string of the molecule is CC(=CC(=O)O)CN(C)C(C)c1ccc(Cl)cc1. The van der Waals surface area contributed by atoms with Gasteiger partial charge in [0.05, 0.1) is 0 Å². The highest BCUT2D eigenvalue weighted by molar-refractivity contribution is 6.30. The first-order valence-electron chi connectivity index (χ1n) is 5.76. The number of carbonyl (C=O) groups is 1. The van der Waals surface area contributed by atoms with E-state index in [0.29, 0.717) is 6.54 Å². The number of nitrogens with zero attached hydrogens (tertiary/aromatic N) is 1. The van der Waals surface area contributed by atoms with Crippen molar-refractivity contribution in [1.82, 2.24) is 4.90 Å². The Morgan fingerprint density at radius 1 is 1.44 bits per heavy atom. The highest BCUT2D eigenvalue weighted by Gasteiger charge is 2.12. The molecule has 1 unspecified atom stereocenters. The molecule has 0 aromatic heterocycles. The second-order valence-electron chi connectivity index (χ2n) is 4.47. The van der Waals surface area contributed by atoms with Crippen molar-refractivity contribution < 1.29 is 9.90 Å². The number of halogens is 1. The predicted molar refractivity (Wildman–Crippen MR) is 73.9 cm³/mol. The summed E-state index contributed by atoms with van der Waals surface area (Å²) in [5, 5.41) is 9.39. The van der Waals surface area contributed by atoms with Crippen LogP contribution in [-0.2, 0) is 4.79 Å². The lowest BCUT2D eigenvalue weighted by molar-refractivity contribution is -0.131. The highest BCUT2D eigenvalue weighted by Crippen LogP contribution is 2.21. The van der Waals surface area contributed by atoms with Crippen molar-refractivity contribution in [3.8, 4) is 0 Å². The van der Waals surface area contributed by atoms with E-state index in [0.717, 1.165) is 16.2 Å². The van der Waals surface area contributed by atoms with E-state index in [1.54, 1.807) is 0 Å². The number of hydrogen-bond donors (Lipinski definition) is 1. The molecular weight excluding hydrogens is 250 g/mol. The van der Waals surface area contributed by atoms with Crippen LogP contribution < -0.4 is 0 Å². The Labute approximate surface area is 113 Å². The van der Waals surface area contributed by atoms with E-state index in [4.69, 9.17) is 16.7 Å². The molecule has 0 saturated heterocycles. The largest absolute Gasteiger partial charge is 0.478 e. The number of aliphatic carboxylic acids is 1. The van der Waals surface area contributed by atoms with Gasteiger partial charge in [0.1, 0.15) is 0 Å². The minimum absolute atomic E-state index is 0.208. The van der Waals surface area contributed by atoms with Gasteiger partial charge in [-0.2, -0.15) is 0 Å². The average molecular weight is 268 g/mol. The Hall–Kier alpha value is -1.32. The van der Waals surface area contributed by atoms with Crippen molar-refractivity contribution >= 4 is 17.6 Å². The summed E-state index contributed by atoms with van der Waals surface area (Å²) >= 11 is 5.85. The molecule has 0 amide bonds. The van der Waals surface area contributed by atoms with Crippen LogP contribution in [-0.4, -0.2) is 29.6 Å². The van der Waals surface area contributed by atoms with Gasteiger partial charge in [-0.1, -0.05) is 29.3 Å². The van der Waals surface area contributed by atoms with Crippen LogP contribution in [0.2, 0.25) is 5.02 Å². The van der Waals surface area contributed by atoms with Gasteiger partial charge >= 0.3 is 5.97 Å². The minimum Gasteiger partial charge on any atom is -0.478 e. The van der Waals surface area contributed by atoms with Gasteiger partial charge in [-0.25, -0.2) is 4.79 Å². The predicted octanol–water partition coefficient (Wildman–Crippen LogP) is 3.36. The maximum absolute atomic E-state index is 10.6. The third kappa shape index (κ3) is 4.51. The van der Waals surface area contributed by atoms with Crippen LogP contribution in [0.15, 0.2) is 35.9 Å². The Bertz CT molecular complexity index is 440. The monoisotopic (exact) mass is 267 g/mol. The summed E-state index contributed by atoms with van der Waals surface area (Å²) in [6, 6.07) is 7.90. The summed E-state index contributed by atoms with van der Waals surface area (Å²) < 4.78 is 0. The molecule has 1 aromatic rings. The maximum atomic E-state index is 10.6. The van der Waals surface area contributed by atoms with E-state index in [1.807, 2.05) is 38.2 Å². The number of likely N-dealkylation sites (N-methyl/N-ethyl adjacent to an activating group) is 1. The van der Waals surface area contributed by atoms with Crippen LogP contribution in [0.4, 0.5) is 0 Å². The molecule has 0 bridgehead atoms. The van der Waals surface area contributed by atoms with Gasteiger partial charge in [0, 0.05) is 23.7 Å². The molecule has 0 aliphatic carbocycles. The van der Waals surface area contributed by atoms with Crippen molar-refractivity contribution in [3.63, 3.8) is 0 Å². The Kier molecular flexibility index (Phi) is 5.38. The molecule has 0 fully saturated rings. The number of hydrogen-bond acceptors (Lipinski definition) is 2. The molecule has 0 saturated carbocycles. The molecule has 0 aliphatic rings. The molecule has 0 spiro atoms. The smallest absolute Gasteiger partial charge is 0.328 e. The first-order chi connectivity index (χ1) is 8.40. The summed E-state index contributed by atoms with van der Waals surface area (Å²) in [4.78, 5) is 12.7. The lowest BCUT2D eigenvalue weighted by Crippen LogP contribution is -2.24. The van der Waals surface area contributed by atoms with Crippen LogP contribution >= 0.6 is 11.6 Å². The van der Waals surface area contributed by atoms with E-state index in [-0.39, 0.29) is 6.04 Å². The lowest BCUT2D eigenvalue weighted by Gasteiger charge is -2.25. The fourth-order valence-electron chi connectivity index (χ4n) is 1.78. The Morgan fingerprint density at radius 3 is 2.50 bits per heavy atom. The number of rotatable bonds is 5. The molecule has 1 atom stereocenters. The van der Waals surface area contributed by atoms with Gasteiger partial charge in [-0.3, -0.25) is 4.90 Å². The van der Waals surface area contributed by atoms with Crippen molar-refractivity contribution in [2.45, 2.75) is 19.9 Å². The first kappa shape index (κ1) is 14.7. The van der Waals surface area contributed by atoms with Gasteiger partial charge in [-0.05, 0) is 38.6 Å².